The topological polar surface area (TPSA) is 69.0 Å². The molecule has 0 atom stereocenters. The molecule has 0 aliphatic carbocycles. The first-order chi connectivity index (χ1) is 12.6. The van der Waals surface area contributed by atoms with Crippen LogP contribution in [0.4, 0.5) is 0 Å². The van der Waals surface area contributed by atoms with Crippen molar-refractivity contribution in [3.63, 3.8) is 0 Å². The lowest BCUT2D eigenvalue weighted by Gasteiger charge is -2.08. The fourth-order valence-electron chi connectivity index (χ4n) is 2.72. The molecule has 2 aromatic heterocycles. The van der Waals surface area contributed by atoms with Crippen molar-refractivity contribution in [3.8, 4) is 28.3 Å². The zero-order chi connectivity index (χ0) is 18.5. The first-order valence-electron chi connectivity index (χ1n) is 8.49. The van der Waals surface area contributed by atoms with Crippen LogP contribution in [0.3, 0.4) is 0 Å². The van der Waals surface area contributed by atoms with Crippen LogP contribution in [0.25, 0.3) is 22.5 Å². The SMILES string of the molecule is COc1cccnc1-c1cccc(-c2ccn(CC(=O)NC(C)C)n2)c1. The predicted molar refractivity (Wildman–Crippen MR) is 101 cm³/mol. The Bertz CT molecular complexity index is 902. The Kier molecular flexibility index (Phi) is 5.31. The predicted octanol–water partition coefficient (Wildman–Crippen LogP) is 3.15. The highest BCUT2D eigenvalue weighted by atomic mass is 16.5. The van der Waals surface area contributed by atoms with E-state index in [1.54, 1.807) is 18.0 Å². The molecule has 0 saturated heterocycles. The van der Waals surface area contributed by atoms with E-state index in [1.165, 1.54) is 0 Å². The molecule has 2 heterocycles. The van der Waals surface area contributed by atoms with E-state index in [2.05, 4.69) is 15.4 Å². The fraction of sp³-hybridized carbons (Fsp3) is 0.250. The summed E-state index contributed by atoms with van der Waals surface area (Å²) in [6.45, 7) is 4.07. The van der Waals surface area contributed by atoms with E-state index in [0.717, 1.165) is 28.3 Å². The number of carbonyl (C=O) groups excluding carboxylic acids is 1. The minimum atomic E-state index is -0.0541. The zero-order valence-electron chi connectivity index (χ0n) is 15.1. The molecule has 6 nitrogen and oxygen atoms in total. The fourth-order valence-corrected chi connectivity index (χ4v) is 2.72. The van der Waals surface area contributed by atoms with E-state index in [9.17, 15) is 4.79 Å². The Morgan fingerprint density at radius 2 is 2.00 bits per heavy atom. The van der Waals surface area contributed by atoms with E-state index in [1.807, 2.05) is 62.5 Å². The van der Waals surface area contributed by atoms with Crippen molar-refractivity contribution in [2.75, 3.05) is 7.11 Å². The molecule has 0 aliphatic rings. The Hall–Kier alpha value is -3.15. The molecule has 1 aromatic carbocycles. The molecule has 0 aliphatic heterocycles. The van der Waals surface area contributed by atoms with Crippen molar-refractivity contribution in [1.82, 2.24) is 20.1 Å². The molecule has 0 saturated carbocycles. The number of benzene rings is 1. The minimum absolute atomic E-state index is 0.0541. The van der Waals surface area contributed by atoms with Crippen LogP contribution >= 0.6 is 0 Å². The van der Waals surface area contributed by atoms with Crippen LogP contribution in [0.2, 0.25) is 0 Å². The number of amides is 1. The third-order valence-electron chi connectivity index (χ3n) is 3.82. The molecular weight excluding hydrogens is 328 g/mol. The Balaban J connectivity index is 1.84. The molecule has 6 heteroatoms. The van der Waals surface area contributed by atoms with Gasteiger partial charge in [0.05, 0.1) is 12.8 Å². The molecule has 1 N–H and O–H groups in total. The van der Waals surface area contributed by atoms with E-state index >= 15 is 0 Å². The molecule has 0 unspecified atom stereocenters. The van der Waals surface area contributed by atoms with Gasteiger partial charge in [-0.15, -0.1) is 0 Å². The number of nitrogens with one attached hydrogen (secondary N) is 1. The van der Waals surface area contributed by atoms with E-state index < -0.39 is 0 Å². The summed E-state index contributed by atoms with van der Waals surface area (Å²) in [5.74, 6) is 0.669. The number of pyridine rings is 1. The summed E-state index contributed by atoms with van der Waals surface area (Å²) in [6.07, 6.45) is 3.55. The van der Waals surface area contributed by atoms with Crippen LogP contribution < -0.4 is 10.1 Å². The zero-order valence-corrected chi connectivity index (χ0v) is 15.1. The van der Waals surface area contributed by atoms with Crippen LogP contribution in [0, 0.1) is 0 Å². The lowest BCUT2D eigenvalue weighted by molar-refractivity contribution is -0.122. The van der Waals surface area contributed by atoms with Gasteiger partial charge in [-0.25, -0.2) is 0 Å². The van der Waals surface area contributed by atoms with Crippen LogP contribution in [-0.2, 0) is 11.3 Å². The largest absolute Gasteiger partial charge is 0.494 e. The lowest BCUT2D eigenvalue weighted by atomic mass is 10.1. The quantitative estimate of drug-likeness (QED) is 0.741. The number of hydrogen-bond acceptors (Lipinski definition) is 4. The summed E-state index contributed by atoms with van der Waals surface area (Å²) in [6, 6.07) is 13.7. The van der Waals surface area contributed by atoms with Gasteiger partial charge in [0.2, 0.25) is 5.91 Å². The third-order valence-corrected chi connectivity index (χ3v) is 3.82. The summed E-state index contributed by atoms with van der Waals surface area (Å²) < 4.78 is 7.04. The summed E-state index contributed by atoms with van der Waals surface area (Å²) in [5, 5.41) is 7.37. The van der Waals surface area contributed by atoms with Crippen LogP contribution in [-0.4, -0.2) is 33.8 Å². The van der Waals surface area contributed by atoms with E-state index in [4.69, 9.17) is 4.74 Å². The number of ether oxygens (including phenoxy) is 1. The molecule has 0 radical (unpaired) electrons. The summed E-state index contributed by atoms with van der Waals surface area (Å²) in [5.41, 5.74) is 3.50. The highest BCUT2D eigenvalue weighted by Crippen LogP contribution is 2.30. The molecule has 3 rings (SSSR count). The van der Waals surface area contributed by atoms with E-state index in [0.29, 0.717) is 0 Å². The van der Waals surface area contributed by atoms with E-state index in [-0.39, 0.29) is 18.5 Å². The van der Waals surface area contributed by atoms with Gasteiger partial charge in [0, 0.05) is 29.6 Å². The van der Waals surface area contributed by atoms with Crippen molar-refractivity contribution in [2.24, 2.45) is 0 Å². The molecule has 1 amide bonds. The third kappa shape index (κ3) is 4.08. The molecular formula is C20H22N4O2. The van der Waals surface area contributed by atoms with Gasteiger partial charge < -0.3 is 10.1 Å². The second kappa shape index (κ2) is 7.82. The number of rotatable bonds is 6. The van der Waals surface area contributed by atoms with Gasteiger partial charge in [-0.2, -0.15) is 5.10 Å². The molecule has 0 bridgehead atoms. The van der Waals surface area contributed by atoms with Crippen LogP contribution in [0.5, 0.6) is 5.75 Å². The lowest BCUT2D eigenvalue weighted by Crippen LogP contribution is -2.33. The maximum atomic E-state index is 11.9. The summed E-state index contributed by atoms with van der Waals surface area (Å²) in [4.78, 5) is 16.3. The number of hydrogen-bond donors (Lipinski definition) is 1. The van der Waals surface area contributed by atoms with Gasteiger partial charge in [0.1, 0.15) is 18.0 Å². The average molecular weight is 350 g/mol. The molecule has 3 aromatic rings. The van der Waals surface area contributed by atoms with Gasteiger partial charge >= 0.3 is 0 Å². The van der Waals surface area contributed by atoms with Crippen LogP contribution in [0.15, 0.2) is 54.9 Å². The maximum Gasteiger partial charge on any atom is 0.241 e. The van der Waals surface area contributed by atoms with Crippen molar-refractivity contribution in [1.29, 1.82) is 0 Å². The Morgan fingerprint density at radius 1 is 1.19 bits per heavy atom. The molecule has 0 spiro atoms. The highest BCUT2D eigenvalue weighted by Gasteiger charge is 2.10. The maximum absolute atomic E-state index is 11.9. The Morgan fingerprint density at radius 3 is 2.77 bits per heavy atom. The first kappa shape index (κ1) is 17.7. The van der Waals surface area contributed by atoms with Gasteiger partial charge in [-0.3, -0.25) is 14.5 Å². The number of nitrogens with zero attached hydrogens (tertiary/aromatic N) is 3. The summed E-state index contributed by atoms with van der Waals surface area (Å²) in [7, 11) is 1.63. The van der Waals surface area contributed by atoms with Gasteiger partial charge in [-0.05, 0) is 38.1 Å². The van der Waals surface area contributed by atoms with Crippen molar-refractivity contribution in [3.05, 3.63) is 54.9 Å². The van der Waals surface area contributed by atoms with Gasteiger partial charge in [0.25, 0.3) is 0 Å². The first-order valence-corrected chi connectivity index (χ1v) is 8.49. The monoisotopic (exact) mass is 350 g/mol. The molecule has 26 heavy (non-hydrogen) atoms. The molecule has 134 valence electrons. The standard InChI is InChI=1S/C20H22N4O2/c1-14(2)22-19(25)13-24-11-9-17(23-24)15-6-4-7-16(12-15)20-18(26-3)8-5-10-21-20/h4-12,14H,13H2,1-3H3,(H,22,25). The average Bonchev–Trinajstić information content (AvgIpc) is 3.09. The van der Waals surface area contributed by atoms with Crippen LogP contribution in [0.1, 0.15) is 13.8 Å². The van der Waals surface area contributed by atoms with Crippen molar-refractivity contribution in [2.45, 2.75) is 26.4 Å². The number of methoxy groups -OCH3 is 1. The molecule has 0 fully saturated rings. The van der Waals surface area contributed by atoms with Crippen molar-refractivity contribution < 1.29 is 9.53 Å². The van der Waals surface area contributed by atoms with Gasteiger partial charge in [-0.1, -0.05) is 18.2 Å². The summed E-state index contributed by atoms with van der Waals surface area (Å²) >= 11 is 0. The number of carbonyl (C=O) groups is 1. The smallest absolute Gasteiger partial charge is 0.241 e. The van der Waals surface area contributed by atoms with Crippen molar-refractivity contribution >= 4 is 5.91 Å². The minimum Gasteiger partial charge on any atom is -0.494 e. The Labute approximate surface area is 152 Å². The second-order valence-corrected chi connectivity index (χ2v) is 6.26. The van der Waals surface area contributed by atoms with Gasteiger partial charge in [0.15, 0.2) is 0 Å². The second-order valence-electron chi connectivity index (χ2n) is 6.26. The normalized spacial score (nSPS) is 10.8. The highest BCUT2D eigenvalue weighted by molar-refractivity contribution is 5.76. The number of aromatic nitrogens is 3.